The quantitative estimate of drug-likeness (QED) is 0.884. The van der Waals surface area contributed by atoms with Crippen LogP contribution in [-0.4, -0.2) is 23.2 Å². The predicted molar refractivity (Wildman–Crippen MR) is 85.7 cm³/mol. The van der Waals surface area contributed by atoms with Gasteiger partial charge in [-0.2, -0.15) is 5.26 Å². The standard InChI is InChI=1S/C17H20ClFN2O2/c1-16(2,3)8-14-17(9-20,7-13(21-14)15(22)23)11-5-4-10(18)6-12(11)19/h4-6,13-14,21H,7-8H2,1-3H3,(H,22,23). The van der Waals surface area contributed by atoms with Gasteiger partial charge < -0.3 is 5.11 Å². The number of aliphatic carboxylic acids is 1. The molecule has 1 heterocycles. The van der Waals surface area contributed by atoms with Gasteiger partial charge in [0.25, 0.3) is 0 Å². The first-order valence-corrected chi connectivity index (χ1v) is 7.82. The average Bonchev–Trinajstić information content (AvgIpc) is 2.76. The number of carbonyl (C=O) groups is 1. The molecule has 23 heavy (non-hydrogen) atoms. The number of benzene rings is 1. The maximum Gasteiger partial charge on any atom is 0.320 e. The molecule has 1 aromatic rings. The molecule has 0 amide bonds. The highest BCUT2D eigenvalue weighted by molar-refractivity contribution is 6.30. The van der Waals surface area contributed by atoms with Gasteiger partial charge >= 0.3 is 5.97 Å². The molecule has 1 aliphatic rings. The summed E-state index contributed by atoms with van der Waals surface area (Å²) >= 11 is 5.80. The highest BCUT2D eigenvalue weighted by atomic mass is 35.5. The fourth-order valence-corrected chi connectivity index (χ4v) is 3.40. The Balaban J connectivity index is 2.54. The highest BCUT2D eigenvalue weighted by Gasteiger charge is 2.52. The van der Waals surface area contributed by atoms with Gasteiger partial charge in [0, 0.05) is 16.6 Å². The van der Waals surface area contributed by atoms with E-state index >= 15 is 0 Å². The Morgan fingerprint density at radius 1 is 1.57 bits per heavy atom. The second-order valence-corrected chi connectivity index (χ2v) is 7.72. The van der Waals surface area contributed by atoms with Crippen molar-refractivity contribution in [3.8, 4) is 6.07 Å². The van der Waals surface area contributed by atoms with Crippen LogP contribution in [-0.2, 0) is 10.2 Å². The predicted octanol–water partition coefficient (Wildman–Crippen LogP) is 3.49. The van der Waals surface area contributed by atoms with Gasteiger partial charge in [0.1, 0.15) is 17.3 Å². The summed E-state index contributed by atoms with van der Waals surface area (Å²) in [5, 5.41) is 22.4. The molecule has 0 aliphatic carbocycles. The van der Waals surface area contributed by atoms with Crippen molar-refractivity contribution in [3.63, 3.8) is 0 Å². The first kappa shape index (κ1) is 17.7. The van der Waals surface area contributed by atoms with Gasteiger partial charge in [-0.1, -0.05) is 38.4 Å². The Labute approximate surface area is 140 Å². The second-order valence-electron chi connectivity index (χ2n) is 7.29. The highest BCUT2D eigenvalue weighted by Crippen LogP contribution is 2.43. The Morgan fingerprint density at radius 2 is 2.22 bits per heavy atom. The van der Waals surface area contributed by atoms with E-state index in [9.17, 15) is 19.6 Å². The van der Waals surface area contributed by atoms with Crippen molar-refractivity contribution in [3.05, 3.63) is 34.6 Å². The van der Waals surface area contributed by atoms with E-state index in [0.29, 0.717) is 6.42 Å². The first-order valence-electron chi connectivity index (χ1n) is 7.45. The van der Waals surface area contributed by atoms with Crippen LogP contribution in [0.5, 0.6) is 0 Å². The van der Waals surface area contributed by atoms with Gasteiger partial charge in [0.05, 0.1) is 6.07 Å². The molecule has 0 spiro atoms. The summed E-state index contributed by atoms with van der Waals surface area (Å²) in [7, 11) is 0. The van der Waals surface area contributed by atoms with Gasteiger partial charge in [-0.05, 0) is 30.4 Å². The lowest BCUT2D eigenvalue weighted by molar-refractivity contribution is -0.139. The number of hydrogen-bond acceptors (Lipinski definition) is 3. The van der Waals surface area contributed by atoms with Crippen LogP contribution in [0.4, 0.5) is 4.39 Å². The third-order valence-electron chi connectivity index (χ3n) is 4.25. The molecule has 124 valence electrons. The summed E-state index contributed by atoms with van der Waals surface area (Å²) in [4.78, 5) is 11.4. The van der Waals surface area contributed by atoms with Crippen molar-refractivity contribution in [2.45, 2.75) is 51.1 Å². The van der Waals surface area contributed by atoms with Crippen molar-refractivity contribution < 1.29 is 14.3 Å². The Hall–Kier alpha value is -1.64. The number of hydrogen-bond donors (Lipinski definition) is 2. The maximum absolute atomic E-state index is 14.5. The third-order valence-corrected chi connectivity index (χ3v) is 4.48. The molecule has 1 fully saturated rings. The van der Waals surface area contributed by atoms with E-state index in [1.165, 1.54) is 12.1 Å². The van der Waals surface area contributed by atoms with Gasteiger partial charge in [0.2, 0.25) is 0 Å². The van der Waals surface area contributed by atoms with Crippen LogP contribution in [0.25, 0.3) is 0 Å². The minimum atomic E-state index is -1.23. The van der Waals surface area contributed by atoms with E-state index in [4.69, 9.17) is 11.6 Å². The fourth-order valence-electron chi connectivity index (χ4n) is 3.25. The van der Waals surface area contributed by atoms with Crippen LogP contribution >= 0.6 is 11.6 Å². The molecule has 0 bridgehead atoms. The van der Waals surface area contributed by atoms with E-state index in [2.05, 4.69) is 11.4 Å². The summed E-state index contributed by atoms with van der Waals surface area (Å²) in [5.41, 5.74) is -1.17. The molecule has 0 radical (unpaired) electrons. The third kappa shape index (κ3) is 3.49. The summed E-state index contributed by atoms with van der Waals surface area (Å²) < 4.78 is 14.5. The normalized spacial score (nSPS) is 27.7. The maximum atomic E-state index is 14.5. The molecule has 2 N–H and O–H groups in total. The summed E-state index contributed by atoms with van der Waals surface area (Å²) in [6, 6.07) is 5.05. The molecule has 1 aromatic carbocycles. The zero-order chi connectivity index (χ0) is 17.4. The zero-order valence-electron chi connectivity index (χ0n) is 13.4. The number of carboxylic acid groups (broad SMARTS) is 1. The zero-order valence-corrected chi connectivity index (χ0v) is 14.1. The average molecular weight is 339 g/mol. The number of rotatable bonds is 3. The Bertz CT molecular complexity index is 666. The summed E-state index contributed by atoms with van der Waals surface area (Å²) in [6.07, 6.45) is 0.574. The van der Waals surface area contributed by atoms with Crippen LogP contribution in [0.1, 0.15) is 39.2 Å². The van der Waals surface area contributed by atoms with Gasteiger partial charge in [-0.15, -0.1) is 0 Å². The number of halogens is 2. The molecule has 4 nitrogen and oxygen atoms in total. The molecule has 2 rings (SSSR count). The van der Waals surface area contributed by atoms with E-state index in [0.717, 1.165) is 6.07 Å². The lowest BCUT2D eigenvalue weighted by Crippen LogP contribution is -2.43. The Kier molecular flexibility index (Phi) is 4.70. The van der Waals surface area contributed by atoms with Crippen LogP contribution in [0.15, 0.2) is 18.2 Å². The number of carboxylic acids is 1. The number of nitriles is 1. The molecular formula is C17H20ClFN2O2. The SMILES string of the molecule is CC(C)(C)CC1NC(C(=O)O)CC1(C#N)c1ccc(Cl)cc1F. The fraction of sp³-hybridized carbons (Fsp3) is 0.529. The van der Waals surface area contributed by atoms with Crippen LogP contribution in [0.2, 0.25) is 5.02 Å². The minimum absolute atomic E-state index is 0.0259. The van der Waals surface area contributed by atoms with Crippen molar-refractivity contribution in [2.24, 2.45) is 5.41 Å². The molecule has 0 saturated carbocycles. The molecule has 6 heteroatoms. The van der Waals surface area contributed by atoms with E-state index in [1.54, 1.807) is 0 Å². The topological polar surface area (TPSA) is 73.1 Å². The number of nitrogens with zero attached hydrogens (tertiary/aromatic N) is 1. The van der Waals surface area contributed by atoms with Crippen LogP contribution in [0, 0.1) is 22.6 Å². The molecule has 3 unspecified atom stereocenters. The van der Waals surface area contributed by atoms with Gasteiger partial charge in [0.15, 0.2) is 0 Å². The largest absolute Gasteiger partial charge is 0.480 e. The second kappa shape index (κ2) is 6.10. The van der Waals surface area contributed by atoms with E-state index in [1.807, 2.05) is 20.8 Å². The monoisotopic (exact) mass is 338 g/mol. The van der Waals surface area contributed by atoms with Crippen molar-refractivity contribution in [2.75, 3.05) is 0 Å². The summed E-state index contributed by atoms with van der Waals surface area (Å²) in [5.74, 6) is -1.61. The van der Waals surface area contributed by atoms with Gasteiger partial charge in [-0.3, -0.25) is 10.1 Å². The van der Waals surface area contributed by atoms with E-state index < -0.39 is 29.3 Å². The minimum Gasteiger partial charge on any atom is -0.480 e. The van der Waals surface area contributed by atoms with Crippen molar-refractivity contribution in [1.29, 1.82) is 5.26 Å². The lowest BCUT2D eigenvalue weighted by atomic mass is 9.70. The van der Waals surface area contributed by atoms with Gasteiger partial charge in [-0.25, -0.2) is 4.39 Å². The van der Waals surface area contributed by atoms with E-state index in [-0.39, 0.29) is 22.4 Å². The van der Waals surface area contributed by atoms with Crippen LogP contribution in [0.3, 0.4) is 0 Å². The smallest absolute Gasteiger partial charge is 0.320 e. The first-order chi connectivity index (χ1) is 10.6. The molecule has 0 aromatic heterocycles. The van der Waals surface area contributed by atoms with Crippen molar-refractivity contribution >= 4 is 17.6 Å². The molecular weight excluding hydrogens is 319 g/mol. The van der Waals surface area contributed by atoms with Crippen LogP contribution < -0.4 is 5.32 Å². The molecule has 1 aliphatic heterocycles. The van der Waals surface area contributed by atoms with Crippen molar-refractivity contribution in [1.82, 2.24) is 5.32 Å². The number of nitrogens with one attached hydrogen (secondary N) is 1. The Morgan fingerprint density at radius 3 is 2.70 bits per heavy atom. The molecule has 1 saturated heterocycles. The lowest BCUT2D eigenvalue weighted by Gasteiger charge is -2.33. The summed E-state index contributed by atoms with van der Waals surface area (Å²) in [6.45, 7) is 6.01. The molecule has 3 atom stereocenters.